The molecule has 0 radical (unpaired) electrons. The molecule has 0 heterocycles. The van der Waals surface area contributed by atoms with E-state index in [4.69, 9.17) is 0 Å². The molecule has 3 rings (SSSR count). The van der Waals surface area contributed by atoms with Gasteiger partial charge in [0, 0.05) is 20.8 Å². The highest BCUT2D eigenvalue weighted by Gasteiger charge is 2.21. The minimum Gasteiger partial charge on any atom is -0.611 e. The fourth-order valence-electron chi connectivity index (χ4n) is 2.53. The highest BCUT2D eigenvalue weighted by Crippen LogP contribution is 2.38. The molecule has 0 aromatic heterocycles. The molecule has 3 heteroatoms. The Hall–Kier alpha value is -1.29. The van der Waals surface area contributed by atoms with E-state index in [1.165, 1.54) is 0 Å². The van der Waals surface area contributed by atoms with Gasteiger partial charge < -0.3 is 4.55 Å². The van der Waals surface area contributed by atoms with Gasteiger partial charge in [0.05, 0.1) is 0 Å². The van der Waals surface area contributed by atoms with E-state index in [0.29, 0.717) is 5.75 Å². The van der Waals surface area contributed by atoms with E-state index >= 15 is 0 Å². The second-order valence-electron chi connectivity index (χ2n) is 4.78. The first-order valence-corrected chi connectivity index (χ1v) is 8.98. The Morgan fingerprint density at radius 3 is 2.24 bits per heavy atom. The second-order valence-corrected chi connectivity index (χ2v) is 7.31. The van der Waals surface area contributed by atoms with E-state index < -0.39 is 11.2 Å². The van der Waals surface area contributed by atoms with Crippen molar-refractivity contribution < 1.29 is 4.55 Å². The lowest BCUT2D eigenvalue weighted by Crippen LogP contribution is -2.07. The molecule has 0 saturated carbocycles. The molecule has 1 nitrogen and oxygen atoms in total. The topological polar surface area (TPSA) is 23.1 Å². The zero-order valence-corrected chi connectivity index (χ0v) is 14.1. The molecule has 0 saturated heterocycles. The van der Waals surface area contributed by atoms with Crippen LogP contribution in [0.25, 0.3) is 21.9 Å². The van der Waals surface area contributed by atoms with Crippen molar-refractivity contribution in [1.82, 2.24) is 0 Å². The molecule has 21 heavy (non-hydrogen) atoms. The zero-order valence-electron chi connectivity index (χ0n) is 11.7. The van der Waals surface area contributed by atoms with Crippen LogP contribution in [0.2, 0.25) is 0 Å². The van der Waals surface area contributed by atoms with Gasteiger partial charge in [0.2, 0.25) is 0 Å². The van der Waals surface area contributed by atoms with Gasteiger partial charge >= 0.3 is 0 Å². The van der Waals surface area contributed by atoms with Crippen LogP contribution in [-0.4, -0.2) is 10.3 Å². The Labute approximate surface area is 136 Å². The van der Waals surface area contributed by atoms with Gasteiger partial charge in [0.1, 0.15) is 5.75 Å². The molecule has 0 bridgehead atoms. The maximum atomic E-state index is 12.6. The highest BCUT2D eigenvalue weighted by molar-refractivity contribution is 9.10. The third-order valence-corrected chi connectivity index (χ3v) is 5.59. The molecular formula is C18H15BrOS. The van der Waals surface area contributed by atoms with Crippen LogP contribution in [-0.2, 0) is 11.2 Å². The minimum absolute atomic E-state index is 0.617. The molecule has 0 fully saturated rings. The number of fused-ring (bicyclic) bond motifs is 1. The number of halogens is 1. The van der Waals surface area contributed by atoms with E-state index in [0.717, 1.165) is 31.3 Å². The summed E-state index contributed by atoms with van der Waals surface area (Å²) in [6, 6.07) is 20.3. The van der Waals surface area contributed by atoms with Crippen molar-refractivity contribution >= 4 is 37.9 Å². The van der Waals surface area contributed by atoms with Gasteiger partial charge in [-0.25, -0.2) is 0 Å². The lowest BCUT2D eigenvalue weighted by atomic mass is 10.0. The maximum absolute atomic E-state index is 12.6. The Morgan fingerprint density at radius 1 is 0.952 bits per heavy atom. The fourth-order valence-corrected chi connectivity index (χ4v) is 4.23. The number of rotatable bonds is 3. The van der Waals surface area contributed by atoms with Crippen LogP contribution in [0.5, 0.6) is 0 Å². The summed E-state index contributed by atoms with van der Waals surface area (Å²) in [5.41, 5.74) is 2.14. The highest BCUT2D eigenvalue weighted by atomic mass is 79.9. The number of hydrogen-bond acceptors (Lipinski definition) is 1. The van der Waals surface area contributed by atoms with E-state index in [9.17, 15) is 4.55 Å². The van der Waals surface area contributed by atoms with Crippen LogP contribution in [0.1, 0.15) is 6.92 Å². The SMILES string of the molecule is CC[S+]([O-])c1c(-c2ccccc2)cc(Br)c2ccccc12. The molecule has 0 N–H and O–H groups in total. The van der Waals surface area contributed by atoms with E-state index in [2.05, 4.69) is 46.3 Å². The monoisotopic (exact) mass is 358 g/mol. The molecule has 3 aromatic rings. The van der Waals surface area contributed by atoms with Crippen molar-refractivity contribution in [3.63, 3.8) is 0 Å². The van der Waals surface area contributed by atoms with Gasteiger partial charge in [-0.3, -0.25) is 0 Å². The predicted octanol–water partition coefficient (Wildman–Crippen LogP) is 5.40. The van der Waals surface area contributed by atoms with E-state index in [-0.39, 0.29) is 0 Å². The van der Waals surface area contributed by atoms with Crippen LogP contribution in [0.3, 0.4) is 0 Å². The van der Waals surface area contributed by atoms with Gasteiger partial charge in [0.25, 0.3) is 0 Å². The van der Waals surface area contributed by atoms with Crippen LogP contribution in [0, 0.1) is 0 Å². The Kier molecular flexibility index (Phi) is 4.34. The van der Waals surface area contributed by atoms with Gasteiger partial charge in [-0.2, -0.15) is 0 Å². The van der Waals surface area contributed by atoms with Crippen LogP contribution < -0.4 is 0 Å². The largest absolute Gasteiger partial charge is 0.611 e. The Bertz CT molecular complexity index is 771. The smallest absolute Gasteiger partial charge is 0.168 e. The average Bonchev–Trinajstić information content (AvgIpc) is 2.55. The summed E-state index contributed by atoms with van der Waals surface area (Å²) >= 11 is 2.65. The normalized spacial score (nSPS) is 12.5. The van der Waals surface area contributed by atoms with Crippen molar-refractivity contribution in [2.75, 3.05) is 5.75 Å². The second kappa shape index (κ2) is 6.22. The lowest BCUT2D eigenvalue weighted by molar-refractivity contribution is 0.597. The van der Waals surface area contributed by atoms with Crippen LogP contribution in [0.4, 0.5) is 0 Å². The number of hydrogen-bond donors (Lipinski definition) is 0. The Morgan fingerprint density at radius 2 is 1.57 bits per heavy atom. The first kappa shape index (κ1) is 14.6. The van der Waals surface area contributed by atoms with E-state index in [1.807, 2.05) is 37.3 Å². The van der Waals surface area contributed by atoms with Gasteiger partial charge in [-0.1, -0.05) is 64.5 Å². The molecule has 3 aromatic carbocycles. The quantitative estimate of drug-likeness (QED) is 0.575. The van der Waals surface area contributed by atoms with Gasteiger partial charge in [-0.05, 0) is 35.8 Å². The average molecular weight is 359 g/mol. The predicted molar refractivity (Wildman–Crippen MR) is 94.0 cm³/mol. The summed E-state index contributed by atoms with van der Waals surface area (Å²) in [6.45, 7) is 1.96. The van der Waals surface area contributed by atoms with Crippen molar-refractivity contribution in [1.29, 1.82) is 0 Å². The zero-order chi connectivity index (χ0) is 14.8. The van der Waals surface area contributed by atoms with Crippen LogP contribution in [0.15, 0.2) is 70.0 Å². The standard InChI is InChI=1S/C18H15BrOS/c1-2-21(20)18-15-11-7-6-10-14(15)17(19)12-16(18)13-8-4-3-5-9-13/h3-12H,2H2,1H3. The molecule has 0 aliphatic rings. The third kappa shape index (κ3) is 2.73. The molecule has 0 aliphatic carbocycles. The van der Waals surface area contributed by atoms with Gasteiger partial charge in [-0.15, -0.1) is 0 Å². The summed E-state index contributed by atoms with van der Waals surface area (Å²) in [4.78, 5) is 0.933. The first-order chi connectivity index (χ1) is 10.2. The molecule has 1 unspecified atom stereocenters. The first-order valence-electron chi connectivity index (χ1n) is 6.87. The number of benzene rings is 3. The molecule has 106 valence electrons. The van der Waals surface area contributed by atoms with Gasteiger partial charge in [0.15, 0.2) is 4.90 Å². The summed E-state index contributed by atoms with van der Waals surface area (Å²) in [5, 5.41) is 2.17. The van der Waals surface area contributed by atoms with Crippen molar-refractivity contribution in [3.8, 4) is 11.1 Å². The summed E-state index contributed by atoms with van der Waals surface area (Å²) < 4.78 is 13.7. The minimum atomic E-state index is -1.01. The molecular weight excluding hydrogens is 344 g/mol. The third-order valence-electron chi connectivity index (χ3n) is 3.52. The van der Waals surface area contributed by atoms with Crippen molar-refractivity contribution in [2.45, 2.75) is 11.8 Å². The molecule has 0 aliphatic heterocycles. The maximum Gasteiger partial charge on any atom is 0.168 e. The lowest BCUT2D eigenvalue weighted by Gasteiger charge is -2.16. The summed E-state index contributed by atoms with van der Waals surface area (Å²) in [5.74, 6) is 0.617. The summed E-state index contributed by atoms with van der Waals surface area (Å²) in [6.07, 6.45) is 0. The van der Waals surface area contributed by atoms with E-state index in [1.54, 1.807) is 0 Å². The summed E-state index contributed by atoms with van der Waals surface area (Å²) in [7, 11) is 0. The fraction of sp³-hybridized carbons (Fsp3) is 0.111. The molecule has 1 atom stereocenters. The Balaban J connectivity index is 2.38. The van der Waals surface area contributed by atoms with Crippen LogP contribution >= 0.6 is 15.9 Å². The molecule has 0 amide bonds. The molecule has 0 spiro atoms. The van der Waals surface area contributed by atoms with Crippen molar-refractivity contribution in [3.05, 3.63) is 65.1 Å². The van der Waals surface area contributed by atoms with Crippen molar-refractivity contribution in [2.24, 2.45) is 0 Å².